The molecule has 4 nitrogen and oxygen atoms in total. The summed E-state index contributed by atoms with van der Waals surface area (Å²) in [7, 11) is 0. The van der Waals surface area contributed by atoms with Gasteiger partial charge in [0, 0.05) is 4.47 Å². The summed E-state index contributed by atoms with van der Waals surface area (Å²) in [4.78, 5) is 11.8. The van der Waals surface area contributed by atoms with Gasteiger partial charge < -0.3 is 4.74 Å². The van der Waals surface area contributed by atoms with E-state index in [-0.39, 0.29) is 0 Å². The number of carbonyl (C=O) groups is 1. The van der Waals surface area contributed by atoms with Crippen LogP contribution in [0, 0.1) is 0 Å². The highest BCUT2D eigenvalue weighted by Crippen LogP contribution is 2.17. The monoisotopic (exact) mass is 326 g/mol. The van der Waals surface area contributed by atoms with Gasteiger partial charge in [0.15, 0.2) is 0 Å². The number of benzene rings is 1. The van der Waals surface area contributed by atoms with Crippen molar-refractivity contribution in [2.24, 2.45) is 0 Å². The third-order valence-electron chi connectivity index (χ3n) is 2.08. The summed E-state index contributed by atoms with van der Waals surface area (Å²) in [5, 5.41) is 1.67. The van der Waals surface area contributed by atoms with Crippen LogP contribution in [0.25, 0.3) is 0 Å². The van der Waals surface area contributed by atoms with Gasteiger partial charge in [-0.15, -0.1) is 6.58 Å². The van der Waals surface area contributed by atoms with Crippen molar-refractivity contribution >= 4 is 27.7 Å². The van der Waals surface area contributed by atoms with E-state index in [1.165, 1.54) is 0 Å². The van der Waals surface area contributed by atoms with Crippen LogP contribution in [0.5, 0.6) is 0 Å². The molecule has 0 bridgehead atoms. The van der Waals surface area contributed by atoms with Crippen LogP contribution in [0.4, 0.5) is 10.5 Å². The maximum absolute atomic E-state index is 11.8. The van der Waals surface area contributed by atoms with Crippen LogP contribution < -0.4 is 10.4 Å². The number of nitrogens with zero attached hydrogens (tertiary/aromatic N) is 1. The van der Waals surface area contributed by atoms with E-state index in [1.54, 1.807) is 11.1 Å². The van der Waals surface area contributed by atoms with Crippen molar-refractivity contribution in [3.63, 3.8) is 0 Å². The number of anilines is 1. The Morgan fingerprint density at radius 1 is 1.42 bits per heavy atom. The number of halogens is 1. The predicted octanol–water partition coefficient (Wildman–Crippen LogP) is 3.88. The molecule has 1 aromatic rings. The Morgan fingerprint density at radius 2 is 2.00 bits per heavy atom. The summed E-state index contributed by atoms with van der Waals surface area (Å²) in [5.74, 6) is 0. The molecule has 0 unspecified atom stereocenters. The minimum atomic E-state index is -0.524. The topological polar surface area (TPSA) is 41.6 Å². The average Bonchev–Trinajstić information content (AvgIpc) is 2.27. The molecule has 0 aliphatic heterocycles. The van der Waals surface area contributed by atoms with Crippen LogP contribution in [-0.2, 0) is 4.74 Å². The fourth-order valence-corrected chi connectivity index (χ4v) is 1.64. The highest BCUT2D eigenvalue weighted by Gasteiger charge is 2.18. The van der Waals surface area contributed by atoms with Gasteiger partial charge in [0.2, 0.25) is 0 Å². The molecule has 0 aromatic heterocycles. The van der Waals surface area contributed by atoms with E-state index >= 15 is 0 Å². The number of rotatable bonds is 4. The highest BCUT2D eigenvalue weighted by atomic mass is 79.9. The molecule has 0 saturated heterocycles. The van der Waals surface area contributed by atoms with E-state index in [1.807, 2.05) is 45.0 Å². The van der Waals surface area contributed by atoms with Gasteiger partial charge in [-0.2, -0.15) is 0 Å². The summed E-state index contributed by atoms with van der Waals surface area (Å²) >= 11 is 3.37. The fourth-order valence-electron chi connectivity index (χ4n) is 1.38. The predicted molar refractivity (Wildman–Crippen MR) is 81.1 cm³/mol. The van der Waals surface area contributed by atoms with Crippen LogP contribution in [0.15, 0.2) is 41.4 Å². The zero-order valence-corrected chi connectivity index (χ0v) is 13.0. The van der Waals surface area contributed by atoms with Crippen molar-refractivity contribution in [2.45, 2.75) is 26.4 Å². The van der Waals surface area contributed by atoms with Crippen LogP contribution >= 0.6 is 15.9 Å². The molecular formula is C14H19BrN2O2. The van der Waals surface area contributed by atoms with Gasteiger partial charge in [0.25, 0.3) is 0 Å². The van der Waals surface area contributed by atoms with Crippen LogP contribution in [0.3, 0.4) is 0 Å². The lowest BCUT2D eigenvalue weighted by Crippen LogP contribution is -2.45. The standard InChI is InChI=1S/C14H19BrN2O2/c1-5-10-17(12-8-6-11(15)7-9-12)16-13(18)19-14(2,3)4/h5-9H,1,10H2,2-4H3,(H,16,18). The van der Waals surface area contributed by atoms with Crippen LogP contribution in [-0.4, -0.2) is 18.2 Å². The number of hydrogen-bond donors (Lipinski definition) is 1. The molecule has 1 amide bonds. The smallest absolute Gasteiger partial charge is 0.426 e. The third kappa shape index (κ3) is 5.79. The van der Waals surface area contributed by atoms with Gasteiger partial charge in [-0.1, -0.05) is 22.0 Å². The summed E-state index contributed by atoms with van der Waals surface area (Å²) in [6, 6.07) is 7.60. The molecule has 1 aromatic carbocycles. The quantitative estimate of drug-likeness (QED) is 0.674. The lowest BCUT2D eigenvalue weighted by molar-refractivity contribution is 0.0522. The first-order chi connectivity index (χ1) is 8.81. The van der Waals surface area contributed by atoms with Gasteiger partial charge in [-0.25, -0.2) is 10.2 Å². The highest BCUT2D eigenvalue weighted by molar-refractivity contribution is 9.10. The Morgan fingerprint density at radius 3 is 2.47 bits per heavy atom. The fraction of sp³-hybridized carbons (Fsp3) is 0.357. The zero-order chi connectivity index (χ0) is 14.5. The van der Waals surface area contributed by atoms with Gasteiger partial charge in [-0.05, 0) is 45.0 Å². The first kappa shape index (κ1) is 15.6. The van der Waals surface area contributed by atoms with E-state index in [9.17, 15) is 4.79 Å². The average molecular weight is 327 g/mol. The number of hydrazine groups is 1. The second-order valence-electron chi connectivity index (χ2n) is 4.99. The summed E-state index contributed by atoms with van der Waals surface area (Å²) < 4.78 is 6.20. The molecule has 0 heterocycles. The molecule has 0 aliphatic rings. The first-order valence-electron chi connectivity index (χ1n) is 5.95. The molecule has 19 heavy (non-hydrogen) atoms. The lowest BCUT2D eigenvalue weighted by Gasteiger charge is -2.26. The molecule has 0 radical (unpaired) electrons. The summed E-state index contributed by atoms with van der Waals surface area (Å²) in [6.07, 6.45) is 1.22. The Labute approximate surface area is 122 Å². The SMILES string of the molecule is C=CCN(NC(=O)OC(C)(C)C)c1ccc(Br)cc1. The van der Waals surface area contributed by atoms with Gasteiger partial charge in [0.1, 0.15) is 5.60 Å². The number of nitrogens with one attached hydrogen (secondary N) is 1. The lowest BCUT2D eigenvalue weighted by atomic mass is 10.2. The molecule has 0 atom stereocenters. The third-order valence-corrected chi connectivity index (χ3v) is 2.60. The maximum atomic E-state index is 11.8. The van der Waals surface area contributed by atoms with E-state index in [0.717, 1.165) is 10.2 Å². The van der Waals surface area contributed by atoms with Gasteiger partial charge >= 0.3 is 6.09 Å². The van der Waals surface area contributed by atoms with E-state index in [4.69, 9.17) is 4.74 Å². The van der Waals surface area contributed by atoms with Crippen molar-refractivity contribution in [1.29, 1.82) is 0 Å². The zero-order valence-electron chi connectivity index (χ0n) is 11.4. The number of ether oxygens (including phenoxy) is 1. The van der Waals surface area contributed by atoms with E-state index < -0.39 is 11.7 Å². The normalized spacial score (nSPS) is 10.7. The molecule has 5 heteroatoms. The number of carbonyl (C=O) groups excluding carboxylic acids is 1. The molecule has 0 aliphatic carbocycles. The van der Waals surface area contributed by atoms with Crippen molar-refractivity contribution in [3.8, 4) is 0 Å². The molecule has 1 rings (SSSR count). The largest absolute Gasteiger partial charge is 0.443 e. The molecule has 0 spiro atoms. The Hall–Kier alpha value is -1.49. The van der Waals surface area contributed by atoms with Crippen molar-refractivity contribution in [2.75, 3.05) is 11.6 Å². The molecule has 0 fully saturated rings. The second kappa shape index (κ2) is 6.61. The van der Waals surface area contributed by atoms with Crippen molar-refractivity contribution < 1.29 is 9.53 Å². The second-order valence-corrected chi connectivity index (χ2v) is 5.91. The van der Waals surface area contributed by atoms with Crippen molar-refractivity contribution in [1.82, 2.24) is 5.43 Å². The molecule has 1 N–H and O–H groups in total. The maximum Gasteiger partial charge on any atom is 0.426 e. The van der Waals surface area contributed by atoms with E-state index in [2.05, 4.69) is 27.9 Å². The minimum Gasteiger partial charge on any atom is -0.443 e. The number of amides is 1. The first-order valence-corrected chi connectivity index (χ1v) is 6.75. The molecule has 104 valence electrons. The Balaban J connectivity index is 2.75. The molecular weight excluding hydrogens is 308 g/mol. The number of hydrogen-bond acceptors (Lipinski definition) is 3. The summed E-state index contributed by atoms with van der Waals surface area (Å²) in [6.45, 7) is 9.64. The molecule has 0 saturated carbocycles. The van der Waals surface area contributed by atoms with E-state index in [0.29, 0.717) is 6.54 Å². The Kier molecular flexibility index (Phi) is 5.42. The minimum absolute atomic E-state index is 0.487. The van der Waals surface area contributed by atoms with Gasteiger partial charge in [-0.3, -0.25) is 5.01 Å². The Bertz CT molecular complexity index is 438. The van der Waals surface area contributed by atoms with Crippen LogP contribution in [0.2, 0.25) is 0 Å². The van der Waals surface area contributed by atoms with Crippen molar-refractivity contribution in [3.05, 3.63) is 41.4 Å². The summed E-state index contributed by atoms with van der Waals surface area (Å²) in [5.41, 5.74) is 3.03. The van der Waals surface area contributed by atoms with Crippen LogP contribution in [0.1, 0.15) is 20.8 Å². The van der Waals surface area contributed by atoms with Gasteiger partial charge in [0.05, 0.1) is 12.2 Å².